The molecule has 8 nitrogen and oxygen atoms in total. The average Bonchev–Trinajstić information content (AvgIpc) is 3.29. The molecule has 1 spiro atoms. The van der Waals surface area contributed by atoms with Gasteiger partial charge in [0.25, 0.3) is 0 Å². The van der Waals surface area contributed by atoms with Crippen LogP contribution >= 0.6 is 0 Å². The Balaban J connectivity index is 1.61. The number of carboxylic acids is 1. The smallest absolute Gasteiger partial charge is 0.304 e. The van der Waals surface area contributed by atoms with Gasteiger partial charge < -0.3 is 10.4 Å². The molecule has 2 saturated heterocycles. The maximum absolute atomic E-state index is 13.5. The van der Waals surface area contributed by atoms with Crippen LogP contribution in [-0.4, -0.2) is 39.7 Å². The minimum Gasteiger partial charge on any atom is -0.481 e. The Bertz CT molecular complexity index is 1090. The molecule has 152 valence electrons. The number of anilines is 1. The zero-order valence-corrected chi connectivity index (χ0v) is 15.9. The second-order valence-electron chi connectivity index (χ2n) is 7.91. The fraction of sp³-hybridized carbons (Fsp3) is 0.273. The largest absolute Gasteiger partial charge is 0.481 e. The zero-order chi connectivity index (χ0) is 21.0. The molecule has 2 aromatic rings. The molecule has 2 aromatic carbocycles. The van der Waals surface area contributed by atoms with Gasteiger partial charge in [-0.2, -0.15) is 0 Å². The summed E-state index contributed by atoms with van der Waals surface area (Å²) < 4.78 is 0. The molecule has 0 bridgehead atoms. The predicted octanol–water partition coefficient (Wildman–Crippen LogP) is 1.08. The van der Waals surface area contributed by atoms with Gasteiger partial charge in [-0.15, -0.1) is 0 Å². The summed E-state index contributed by atoms with van der Waals surface area (Å²) in [5.41, 5.74) is 0.457. The number of benzene rings is 2. The molecule has 2 fully saturated rings. The lowest BCUT2D eigenvalue weighted by molar-refractivity contribution is -0.143. The highest BCUT2D eigenvalue weighted by molar-refractivity contribution is 6.15. The summed E-state index contributed by atoms with van der Waals surface area (Å²) in [6.45, 7) is 0.0879. The number of nitrogens with zero attached hydrogens (tertiary/aromatic N) is 1. The van der Waals surface area contributed by atoms with E-state index in [0.717, 1.165) is 10.5 Å². The number of carboxylic acid groups (broad SMARTS) is 1. The Kier molecular flexibility index (Phi) is 4.01. The lowest BCUT2D eigenvalue weighted by Crippen LogP contribution is -2.53. The summed E-state index contributed by atoms with van der Waals surface area (Å²) in [7, 11) is 0. The molecule has 0 saturated carbocycles. The molecule has 4 atom stereocenters. The summed E-state index contributed by atoms with van der Waals surface area (Å²) in [5.74, 6) is -4.36. The summed E-state index contributed by atoms with van der Waals surface area (Å²) in [4.78, 5) is 52.6. The van der Waals surface area contributed by atoms with Gasteiger partial charge in [-0.1, -0.05) is 48.5 Å². The van der Waals surface area contributed by atoms with Gasteiger partial charge in [0.2, 0.25) is 17.7 Å². The van der Waals surface area contributed by atoms with E-state index in [1.165, 1.54) is 0 Å². The highest BCUT2D eigenvalue weighted by Crippen LogP contribution is 2.53. The van der Waals surface area contributed by atoms with E-state index in [9.17, 15) is 24.3 Å². The number of aliphatic carboxylic acids is 1. The Hall–Kier alpha value is -3.52. The molecule has 0 aromatic heterocycles. The average molecular weight is 405 g/mol. The van der Waals surface area contributed by atoms with Crippen molar-refractivity contribution >= 4 is 29.4 Å². The molecule has 30 heavy (non-hydrogen) atoms. The molecule has 3 aliphatic rings. The summed E-state index contributed by atoms with van der Waals surface area (Å²) in [6.07, 6.45) is -0.365. The van der Waals surface area contributed by atoms with Crippen molar-refractivity contribution in [3.63, 3.8) is 0 Å². The first kappa shape index (κ1) is 18.5. The molecule has 0 radical (unpaired) electrons. The first-order valence-electron chi connectivity index (χ1n) is 9.73. The number of likely N-dealkylation sites (tertiary alicyclic amines) is 1. The molecule has 3 N–H and O–H groups in total. The third-order valence-corrected chi connectivity index (χ3v) is 6.29. The van der Waals surface area contributed by atoms with Crippen LogP contribution in [-0.2, 0) is 31.3 Å². The standard InChI is InChI=1S/C22H19N3O5/c26-16(27)10-15-17-18(20(29)25(19(17)28)11-12-6-2-1-3-7-12)22(24-15)13-8-4-5-9-14(13)23-21(22)30/h1-9,15,17-18,24H,10-11H2,(H,23,30)(H,26,27)/t15-,17-,18-,22-/m0/s1. The molecule has 8 heteroatoms. The SMILES string of the molecule is O=C(O)C[C@@H]1N[C@]2(C(=O)Nc3ccccc32)[C@@H]2C(=O)N(Cc3ccccc3)C(=O)[C@@H]12. The minimum absolute atomic E-state index is 0.0879. The van der Waals surface area contributed by atoms with Crippen LogP contribution in [0, 0.1) is 11.8 Å². The number of para-hydroxylation sites is 1. The Morgan fingerprint density at radius 3 is 2.43 bits per heavy atom. The van der Waals surface area contributed by atoms with Gasteiger partial charge in [-0.05, 0) is 11.6 Å². The normalized spacial score (nSPS) is 29.3. The van der Waals surface area contributed by atoms with E-state index in [1.807, 2.05) is 30.3 Å². The van der Waals surface area contributed by atoms with Gasteiger partial charge in [0, 0.05) is 17.3 Å². The van der Waals surface area contributed by atoms with Crippen LogP contribution in [0.15, 0.2) is 54.6 Å². The van der Waals surface area contributed by atoms with Crippen LogP contribution in [0.3, 0.4) is 0 Å². The van der Waals surface area contributed by atoms with Gasteiger partial charge >= 0.3 is 5.97 Å². The first-order chi connectivity index (χ1) is 14.4. The summed E-state index contributed by atoms with van der Waals surface area (Å²) in [5, 5.41) is 15.3. The van der Waals surface area contributed by atoms with E-state index in [1.54, 1.807) is 24.3 Å². The third-order valence-electron chi connectivity index (χ3n) is 6.29. The number of fused-ring (bicyclic) bond motifs is 4. The van der Waals surface area contributed by atoms with Crippen molar-refractivity contribution in [3.8, 4) is 0 Å². The number of nitrogens with one attached hydrogen (secondary N) is 2. The second-order valence-corrected chi connectivity index (χ2v) is 7.91. The number of carbonyl (C=O) groups excluding carboxylic acids is 3. The predicted molar refractivity (Wildman–Crippen MR) is 105 cm³/mol. The topological polar surface area (TPSA) is 116 Å². The molecule has 0 unspecified atom stereocenters. The number of carbonyl (C=O) groups is 4. The number of imide groups is 1. The molecule has 3 amide bonds. The van der Waals surface area contributed by atoms with Gasteiger partial charge in [0.05, 0.1) is 24.8 Å². The number of rotatable bonds is 4. The molecule has 3 aliphatic heterocycles. The Morgan fingerprint density at radius 2 is 1.70 bits per heavy atom. The third kappa shape index (κ3) is 2.43. The highest BCUT2D eigenvalue weighted by Gasteiger charge is 2.70. The first-order valence-corrected chi connectivity index (χ1v) is 9.73. The maximum Gasteiger partial charge on any atom is 0.304 e. The lowest BCUT2D eigenvalue weighted by atomic mass is 9.76. The van der Waals surface area contributed by atoms with Crippen LogP contribution in [0.5, 0.6) is 0 Å². The van der Waals surface area contributed by atoms with Gasteiger partial charge in [-0.25, -0.2) is 0 Å². The molecule has 0 aliphatic carbocycles. The maximum atomic E-state index is 13.5. The van der Waals surface area contributed by atoms with Crippen LogP contribution in [0.25, 0.3) is 0 Å². The van der Waals surface area contributed by atoms with Crippen molar-refractivity contribution in [3.05, 3.63) is 65.7 Å². The fourth-order valence-electron chi connectivity index (χ4n) is 5.10. The van der Waals surface area contributed by atoms with Crippen LogP contribution in [0.2, 0.25) is 0 Å². The monoisotopic (exact) mass is 405 g/mol. The van der Waals surface area contributed by atoms with E-state index in [4.69, 9.17) is 0 Å². The van der Waals surface area contributed by atoms with E-state index >= 15 is 0 Å². The highest BCUT2D eigenvalue weighted by atomic mass is 16.4. The van der Waals surface area contributed by atoms with Crippen molar-refractivity contribution in [1.29, 1.82) is 0 Å². The van der Waals surface area contributed by atoms with Crippen molar-refractivity contribution < 1.29 is 24.3 Å². The van der Waals surface area contributed by atoms with Gasteiger partial charge in [0.1, 0.15) is 5.54 Å². The van der Waals surface area contributed by atoms with Crippen molar-refractivity contribution in [1.82, 2.24) is 10.2 Å². The van der Waals surface area contributed by atoms with E-state index in [-0.39, 0.29) is 13.0 Å². The van der Waals surface area contributed by atoms with Crippen LogP contribution in [0.1, 0.15) is 17.5 Å². The fourth-order valence-corrected chi connectivity index (χ4v) is 5.10. The zero-order valence-electron chi connectivity index (χ0n) is 15.9. The number of hydrogen-bond donors (Lipinski definition) is 3. The summed E-state index contributed by atoms with van der Waals surface area (Å²) in [6, 6.07) is 15.3. The number of hydrogen-bond acceptors (Lipinski definition) is 5. The lowest BCUT2D eigenvalue weighted by Gasteiger charge is -2.29. The van der Waals surface area contributed by atoms with E-state index in [2.05, 4.69) is 10.6 Å². The van der Waals surface area contributed by atoms with Crippen LogP contribution < -0.4 is 10.6 Å². The molecular weight excluding hydrogens is 386 g/mol. The van der Waals surface area contributed by atoms with Crippen LogP contribution in [0.4, 0.5) is 5.69 Å². The molecular formula is C22H19N3O5. The van der Waals surface area contributed by atoms with E-state index in [0.29, 0.717) is 11.3 Å². The second kappa shape index (κ2) is 6.50. The van der Waals surface area contributed by atoms with Gasteiger partial charge in [-0.3, -0.25) is 29.4 Å². The quantitative estimate of drug-likeness (QED) is 0.656. The summed E-state index contributed by atoms with van der Waals surface area (Å²) >= 11 is 0. The molecule has 3 heterocycles. The van der Waals surface area contributed by atoms with Crippen molar-refractivity contribution in [2.24, 2.45) is 11.8 Å². The molecule has 5 rings (SSSR count). The number of amides is 3. The minimum atomic E-state index is -1.46. The Morgan fingerprint density at radius 1 is 1.00 bits per heavy atom. The van der Waals surface area contributed by atoms with Crippen molar-refractivity contribution in [2.45, 2.75) is 24.5 Å². The van der Waals surface area contributed by atoms with Crippen molar-refractivity contribution in [2.75, 3.05) is 5.32 Å². The van der Waals surface area contributed by atoms with E-state index < -0.39 is 47.1 Å². The Labute approximate surface area is 171 Å². The van der Waals surface area contributed by atoms with Gasteiger partial charge in [0.15, 0.2) is 0 Å².